The van der Waals surface area contributed by atoms with Gasteiger partial charge in [-0.05, 0) is 32.1 Å². The number of esters is 1. The Morgan fingerprint density at radius 1 is 1.44 bits per heavy atom. The van der Waals surface area contributed by atoms with Crippen LogP contribution in [0.15, 0.2) is 0 Å². The van der Waals surface area contributed by atoms with Crippen molar-refractivity contribution in [3.8, 4) is 0 Å². The van der Waals surface area contributed by atoms with E-state index in [4.69, 9.17) is 9.47 Å². The minimum absolute atomic E-state index is 0.0661. The molecule has 1 N–H and O–H groups in total. The third-order valence-electron chi connectivity index (χ3n) is 2.90. The average Bonchev–Trinajstić information content (AvgIpc) is 2.64. The summed E-state index contributed by atoms with van der Waals surface area (Å²) in [4.78, 5) is 10.9. The van der Waals surface area contributed by atoms with Crippen LogP contribution in [0.4, 0.5) is 0 Å². The molecule has 1 rings (SSSR count). The zero-order valence-electron chi connectivity index (χ0n) is 10.3. The molecule has 0 radical (unpaired) electrons. The van der Waals surface area contributed by atoms with Gasteiger partial charge in [0.25, 0.3) is 0 Å². The second kappa shape index (κ2) is 7.63. The number of carbonyl (C=O) groups excluding carboxylic acids is 1. The summed E-state index contributed by atoms with van der Waals surface area (Å²) in [6.07, 6.45) is 3.85. The van der Waals surface area contributed by atoms with Gasteiger partial charge < -0.3 is 14.8 Å². The normalized spacial score (nSPS) is 24.6. The van der Waals surface area contributed by atoms with Crippen LogP contribution in [0.25, 0.3) is 0 Å². The molecule has 0 aromatic heterocycles. The van der Waals surface area contributed by atoms with Gasteiger partial charge in [0.1, 0.15) is 6.61 Å². The predicted molar refractivity (Wildman–Crippen MR) is 62.3 cm³/mol. The van der Waals surface area contributed by atoms with Crippen molar-refractivity contribution in [2.75, 3.05) is 26.4 Å². The number of carbonyl (C=O) groups is 1. The van der Waals surface area contributed by atoms with Gasteiger partial charge in [-0.3, -0.25) is 0 Å². The molecule has 0 bridgehead atoms. The molecule has 0 aromatic rings. The maximum atomic E-state index is 10.9. The van der Waals surface area contributed by atoms with E-state index in [1.807, 2.05) is 0 Å². The molecule has 0 spiro atoms. The lowest BCUT2D eigenvalue weighted by atomic mass is 10.1. The molecule has 4 nitrogen and oxygen atoms in total. The second-order valence-electron chi connectivity index (χ2n) is 4.43. The van der Waals surface area contributed by atoms with Crippen molar-refractivity contribution in [2.45, 2.75) is 39.2 Å². The zero-order valence-corrected chi connectivity index (χ0v) is 10.3. The van der Waals surface area contributed by atoms with E-state index in [0.29, 0.717) is 19.3 Å². The lowest BCUT2D eigenvalue weighted by Gasteiger charge is -2.12. The van der Waals surface area contributed by atoms with Crippen LogP contribution in [0.1, 0.15) is 33.1 Å². The van der Waals surface area contributed by atoms with Crippen molar-refractivity contribution in [3.63, 3.8) is 0 Å². The van der Waals surface area contributed by atoms with E-state index in [2.05, 4.69) is 12.2 Å². The summed E-state index contributed by atoms with van der Waals surface area (Å²) < 4.78 is 9.95. The highest BCUT2D eigenvalue weighted by Gasteiger charge is 2.20. The van der Waals surface area contributed by atoms with E-state index >= 15 is 0 Å². The van der Waals surface area contributed by atoms with Crippen LogP contribution in [0, 0.1) is 5.92 Å². The molecule has 2 unspecified atom stereocenters. The third-order valence-corrected chi connectivity index (χ3v) is 2.90. The molecule has 1 aliphatic rings. The number of hydrogen-bond acceptors (Lipinski definition) is 4. The number of nitrogens with one attached hydrogen (secondary N) is 1. The molecule has 4 heteroatoms. The van der Waals surface area contributed by atoms with Crippen LogP contribution in [0.2, 0.25) is 0 Å². The fourth-order valence-corrected chi connectivity index (χ4v) is 2.09. The lowest BCUT2D eigenvalue weighted by Crippen LogP contribution is -2.30. The number of rotatable bonds is 7. The van der Waals surface area contributed by atoms with Crippen molar-refractivity contribution in [2.24, 2.45) is 5.92 Å². The van der Waals surface area contributed by atoms with Crippen LogP contribution < -0.4 is 5.32 Å². The molecule has 0 amide bonds. The highest BCUT2D eigenvalue weighted by Crippen LogP contribution is 2.24. The minimum Gasteiger partial charge on any atom is -0.464 e. The largest absolute Gasteiger partial charge is 0.464 e. The molecule has 0 aliphatic heterocycles. The van der Waals surface area contributed by atoms with Crippen molar-refractivity contribution in [3.05, 3.63) is 0 Å². The van der Waals surface area contributed by atoms with E-state index in [-0.39, 0.29) is 12.6 Å². The first-order valence-corrected chi connectivity index (χ1v) is 6.19. The molecular weight excluding hydrogens is 206 g/mol. The number of hydrogen-bond donors (Lipinski definition) is 1. The molecule has 0 heterocycles. The highest BCUT2D eigenvalue weighted by atomic mass is 16.6. The summed E-state index contributed by atoms with van der Waals surface area (Å²) in [5, 5.41) is 3.44. The standard InChI is InChI=1S/C12H23NO3/c1-3-16-12(14)9-15-7-6-13-11-5-4-10(2)8-11/h10-11,13H,3-9H2,1-2H3. The maximum absolute atomic E-state index is 10.9. The van der Waals surface area contributed by atoms with Gasteiger partial charge in [0, 0.05) is 12.6 Å². The van der Waals surface area contributed by atoms with Gasteiger partial charge in [0.2, 0.25) is 0 Å². The topological polar surface area (TPSA) is 47.6 Å². The SMILES string of the molecule is CCOC(=O)COCCNC1CCC(C)C1. The highest BCUT2D eigenvalue weighted by molar-refractivity contribution is 5.70. The van der Waals surface area contributed by atoms with Crippen LogP contribution in [0.3, 0.4) is 0 Å². The Morgan fingerprint density at radius 2 is 2.25 bits per heavy atom. The molecule has 94 valence electrons. The maximum Gasteiger partial charge on any atom is 0.332 e. The monoisotopic (exact) mass is 229 g/mol. The second-order valence-corrected chi connectivity index (χ2v) is 4.43. The summed E-state index contributed by atoms with van der Waals surface area (Å²) in [6.45, 7) is 5.96. The summed E-state index contributed by atoms with van der Waals surface area (Å²) in [5.41, 5.74) is 0. The van der Waals surface area contributed by atoms with Gasteiger partial charge in [-0.2, -0.15) is 0 Å². The fraction of sp³-hybridized carbons (Fsp3) is 0.917. The van der Waals surface area contributed by atoms with Crippen molar-refractivity contribution in [1.29, 1.82) is 0 Å². The van der Waals surface area contributed by atoms with Gasteiger partial charge in [-0.15, -0.1) is 0 Å². The fourth-order valence-electron chi connectivity index (χ4n) is 2.09. The smallest absolute Gasteiger partial charge is 0.332 e. The zero-order chi connectivity index (χ0) is 11.8. The van der Waals surface area contributed by atoms with E-state index in [1.165, 1.54) is 19.3 Å². The molecule has 0 aromatic carbocycles. The Morgan fingerprint density at radius 3 is 2.88 bits per heavy atom. The van der Waals surface area contributed by atoms with Crippen LogP contribution >= 0.6 is 0 Å². The average molecular weight is 229 g/mol. The predicted octanol–water partition coefficient (Wildman–Crippen LogP) is 1.34. The summed E-state index contributed by atoms with van der Waals surface area (Å²) >= 11 is 0. The van der Waals surface area contributed by atoms with Crippen molar-refractivity contribution < 1.29 is 14.3 Å². The molecule has 1 aliphatic carbocycles. The molecule has 2 atom stereocenters. The summed E-state index contributed by atoms with van der Waals surface area (Å²) in [7, 11) is 0. The van der Waals surface area contributed by atoms with Crippen molar-refractivity contribution in [1.82, 2.24) is 5.32 Å². The molecule has 0 saturated heterocycles. The molecular formula is C12H23NO3. The Labute approximate surface area is 97.7 Å². The Bertz CT molecular complexity index is 208. The molecule has 1 saturated carbocycles. The molecule has 1 fully saturated rings. The molecule has 16 heavy (non-hydrogen) atoms. The Hall–Kier alpha value is -0.610. The Kier molecular flexibility index (Phi) is 6.42. The van der Waals surface area contributed by atoms with E-state index in [9.17, 15) is 4.79 Å². The van der Waals surface area contributed by atoms with Gasteiger partial charge in [0.15, 0.2) is 0 Å². The van der Waals surface area contributed by atoms with Gasteiger partial charge in [0.05, 0.1) is 13.2 Å². The van der Waals surface area contributed by atoms with Gasteiger partial charge in [-0.25, -0.2) is 4.79 Å². The van der Waals surface area contributed by atoms with E-state index < -0.39 is 0 Å². The van der Waals surface area contributed by atoms with Crippen molar-refractivity contribution >= 4 is 5.97 Å². The third kappa shape index (κ3) is 5.47. The van der Waals surface area contributed by atoms with Crippen LogP contribution in [0.5, 0.6) is 0 Å². The Balaban J connectivity index is 1.90. The summed E-state index contributed by atoms with van der Waals surface area (Å²) in [6, 6.07) is 0.640. The first-order chi connectivity index (χ1) is 7.72. The first-order valence-electron chi connectivity index (χ1n) is 6.19. The lowest BCUT2D eigenvalue weighted by molar-refractivity contribution is -0.148. The number of ether oxygens (including phenoxy) is 2. The van der Waals surface area contributed by atoms with Crippen LogP contribution in [-0.4, -0.2) is 38.4 Å². The first kappa shape index (κ1) is 13.5. The van der Waals surface area contributed by atoms with Gasteiger partial charge >= 0.3 is 5.97 Å². The van der Waals surface area contributed by atoms with E-state index in [1.54, 1.807) is 6.92 Å². The minimum atomic E-state index is -0.281. The quantitative estimate of drug-likeness (QED) is 0.529. The summed E-state index contributed by atoms with van der Waals surface area (Å²) in [5.74, 6) is 0.565. The van der Waals surface area contributed by atoms with E-state index in [0.717, 1.165) is 12.5 Å². The van der Waals surface area contributed by atoms with Gasteiger partial charge in [-0.1, -0.05) is 6.92 Å². The van der Waals surface area contributed by atoms with Crippen LogP contribution in [-0.2, 0) is 14.3 Å².